The molecule has 6 heteroatoms. The van der Waals surface area contributed by atoms with Gasteiger partial charge in [-0.25, -0.2) is 0 Å². The second kappa shape index (κ2) is 4.28. The van der Waals surface area contributed by atoms with E-state index in [1.165, 1.54) is 0 Å². The van der Waals surface area contributed by atoms with Crippen LogP contribution in [0.1, 0.15) is 12.8 Å². The Balaban J connectivity index is 1.80. The fourth-order valence-corrected chi connectivity index (χ4v) is 1.33. The molecule has 12 heavy (non-hydrogen) atoms. The number of rotatable bonds is 1. The van der Waals surface area contributed by atoms with E-state index in [2.05, 4.69) is 0 Å². The van der Waals surface area contributed by atoms with Crippen molar-refractivity contribution in [1.29, 1.82) is 0 Å². The zero-order valence-electron chi connectivity index (χ0n) is 7.03. The minimum Gasteiger partial charge on any atom is -0.413 e. The van der Waals surface area contributed by atoms with Gasteiger partial charge >= 0.3 is 14.0 Å². The Morgan fingerprint density at radius 3 is 1.25 bits per heavy atom. The molecule has 0 aromatic heterocycles. The third kappa shape index (κ3) is 2.01. The van der Waals surface area contributed by atoms with E-state index in [1.807, 2.05) is 0 Å². The summed E-state index contributed by atoms with van der Waals surface area (Å²) >= 11 is 0. The van der Waals surface area contributed by atoms with Gasteiger partial charge in [0, 0.05) is 26.4 Å². The molecule has 2 aliphatic rings. The number of hydrogen-bond acceptors (Lipinski definition) is 4. The Bertz CT molecular complexity index is 118. The second-order valence-corrected chi connectivity index (χ2v) is 2.93. The third-order valence-electron chi connectivity index (χ3n) is 1.93. The van der Waals surface area contributed by atoms with Crippen LogP contribution in [0.2, 0.25) is 0 Å². The first-order valence-corrected chi connectivity index (χ1v) is 4.43. The average molecular weight is 170 g/mol. The maximum atomic E-state index is 5.35. The highest BCUT2D eigenvalue weighted by Crippen LogP contribution is 2.10. The predicted octanol–water partition coefficient (Wildman–Crippen LogP) is -0.0850. The molecule has 0 spiro atoms. The maximum Gasteiger partial charge on any atom is 0.487 e. The van der Waals surface area contributed by atoms with Gasteiger partial charge in [0.2, 0.25) is 0 Å². The van der Waals surface area contributed by atoms with Crippen molar-refractivity contribution in [3.05, 3.63) is 0 Å². The molecule has 66 valence electrons. The third-order valence-corrected chi connectivity index (χ3v) is 1.93. The molecule has 0 unspecified atom stereocenters. The lowest BCUT2D eigenvalue weighted by molar-refractivity contribution is 0.105. The van der Waals surface area contributed by atoms with Crippen molar-refractivity contribution in [1.82, 2.24) is 0 Å². The second-order valence-electron chi connectivity index (χ2n) is 2.93. The van der Waals surface area contributed by atoms with Crippen LogP contribution >= 0.6 is 0 Å². The van der Waals surface area contributed by atoms with Crippen molar-refractivity contribution < 1.29 is 18.6 Å². The lowest BCUT2D eigenvalue weighted by Crippen LogP contribution is -2.50. The fourth-order valence-electron chi connectivity index (χ4n) is 1.33. The van der Waals surface area contributed by atoms with Crippen LogP contribution in [0.4, 0.5) is 0 Å². The van der Waals surface area contributed by atoms with Crippen LogP contribution in [0, 0.1) is 0 Å². The van der Waals surface area contributed by atoms with Gasteiger partial charge in [-0.1, -0.05) is 0 Å². The zero-order chi connectivity index (χ0) is 8.23. The van der Waals surface area contributed by atoms with Crippen molar-refractivity contribution in [2.45, 2.75) is 12.8 Å². The van der Waals surface area contributed by atoms with Gasteiger partial charge in [0.15, 0.2) is 0 Å². The monoisotopic (exact) mass is 170 g/mol. The zero-order valence-corrected chi connectivity index (χ0v) is 7.03. The molecule has 2 heterocycles. The van der Waals surface area contributed by atoms with E-state index in [-0.39, 0.29) is 14.0 Å². The summed E-state index contributed by atoms with van der Waals surface area (Å²) in [6.45, 7) is 2.98. The van der Waals surface area contributed by atoms with E-state index in [9.17, 15) is 0 Å². The van der Waals surface area contributed by atoms with Gasteiger partial charge in [-0.15, -0.1) is 0 Å². The van der Waals surface area contributed by atoms with Crippen LogP contribution < -0.4 is 0 Å². The normalized spacial score (nSPS) is 26.0. The first-order valence-electron chi connectivity index (χ1n) is 4.43. The van der Waals surface area contributed by atoms with Crippen LogP contribution in [-0.4, -0.2) is 40.4 Å². The average Bonchev–Trinajstić information content (AvgIpc) is 2.21. The highest BCUT2D eigenvalue weighted by molar-refractivity contribution is 7.10. The molecule has 0 aromatic carbocycles. The molecule has 0 radical (unpaired) electrons. The SMILES string of the molecule is C1COB(B2OCCCO2)OC1. The summed E-state index contributed by atoms with van der Waals surface area (Å²) in [5.74, 6) is 0. The molecule has 0 bridgehead atoms. The fraction of sp³-hybridized carbons (Fsp3) is 1.00. The standard InChI is InChI=1S/C6H12B2O4/c1-3-9-7(10-4-1)8-11-5-2-6-12-8/h1-6H2. The van der Waals surface area contributed by atoms with Gasteiger partial charge in [-0.05, 0) is 12.8 Å². The summed E-state index contributed by atoms with van der Waals surface area (Å²) in [6.07, 6.45) is 1.92. The van der Waals surface area contributed by atoms with Crippen molar-refractivity contribution in [3.8, 4) is 0 Å². The predicted molar refractivity (Wildman–Crippen MR) is 44.6 cm³/mol. The summed E-state index contributed by atoms with van der Waals surface area (Å²) in [5, 5.41) is 0. The molecular formula is C6H12B2O4. The Kier molecular flexibility index (Phi) is 3.05. The Morgan fingerprint density at radius 1 is 0.583 bits per heavy atom. The highest BCUT2D eigenvalue weighted by Gasteiger charge is 2.41. The van der Waals surface area contributed by atoms with Crippen LogP contribution in [0.15, 0.2) is 0 Å². The van der Waals surface area contributed by atoms with Crippen LogP contribution in [0.5, 0.6) is 0 Å². The minimum absolute atomic E-state index is 0.306. The Labute approximate surface area is 72.8 Å². The van der Waals surface area contributed by atoms with E-state index in [1.54, 1.807) is 0 Å². The van der Waals surface area contributed by atoms with Gasteiger partial charge in [0.05, 0.1) is 0 Å². The quantitative estimate of drug-likeness (QED) is 0.515. The van der Waals surface area contributed by atoms with Gasteiger partial charge in [0.25, 0.3) is 0 Å². The molecule has 4 nitrogen and oxygen atoms in total. The van der Waals surface area contributed by atoms with Crippen LogP contribution in [0.3, 0.4) is 0 Å². The molecular weight excluding hydrogens is 158 g/mol. The maximum absolute atomic E-state index is 5.35. The summed E-state index contributed by atoms with van der Waals surface area (Å²) in [6, 6.07) is 0. The summed E-state index contributed by atoms with van der Waals surface area (Å²) in [4.78, 5) is 0. The van der Waals surface area contributed by atoms with Crippen molar-refractivity contribution in [3.63, 3.8) is 0 Å². The largest absolute Gasteiger partial charge is 0.487 e. The molecule has 0 aliphatic carbocycles. The molecule has 0 atom stereocenters. The Morgan fingerprint density at radius 2 is 0.917 bits per heavy atom. The molecule has 0 aromatic rings. The van der Waals surface area contributed by atoms with Gasteiger partial charge in [0.1, 0.15) is 0 Å². The topological polar surface area (TPSA) is 36.9 Å². The number of hydrogen-bond donors (Lipinski definition) is 0. The van der Waals surface area contributed by atoms with E-state index < -0.39 is 0 Å². The lowest BCUT2D eigenvalue weighted by Gasteiger charge is -2.26. The van der Waals surface area contributed by atoms with Crippen molar-refractivity contribution in [2.24, 2.45) is 0 Å². The lowest BCUT2D eigenvalue weighted by atomic mass is 9.48. The van der Waals surface area contributed by atoms with E-state index >= 15 is 0 Å². The van der Waals surface area contributed by atoms with E-state index in [0.29, 0.717) is 0 Å². The summed E-state index contributed by atoms with van der Waals surface area (Å²) in [7, 11) is -0.613. The minimum atomic E-state index is -0.306. The molecule has 2 aliphatic heterocycles. The van der Waals surface area contributed by atoms with Crippen molar-refractivity contribution >= 4 is 14.0 Å². The van der Waals surface area contributed by atoms with Crippen molar-refractivity contribution in [2.75, 3.05) is 26.4 Å². The van der Waals surface area contributed by atoms with Gasteiger partial charge in [-0.2, -0.15) is 0 Å². The molecule has 2 fully saturated rings. The van der Waals surface area contributed by atoms with E-state index in [0.717, 1.165) is 39.3 Å². The first-order chi connectivity index (χ1) is 5.97. The summed E-state index contributed by atoms with van der Waals surface area (Å²) in [5.41, 5.74) is 0. The van der Waals surface area contributed by atoms with Gasteiger partial charge < -0.3 is 18.6 Å². The smallest absolute Gasteiger partial charge is 0.413 e. The van der Waals surface area contributed by atoms with Gasteiger partial charge in [-0.3, -0.25) is 0 Å². The van der Waals surface area contributed by atoms with E-state index in [4.69, 9.17) is 18.6 Å². The molecule has 0 saturated carbocycles. The van der Waals surface area contributed by atoms with Crippen LogP contribution in [0.25, 0.3) is 0 Å². The Hall–Kier alpha value is -0.0301. The van der Waals surface area contributed by atoms with Crippen LogP contribution in [-0.2, 0) is 18.6 Å². The molecule has 0 N–H and O–H groups in total. The highest BCUT2D eigenvalue weighted by atomic mass is 16.7. The summed E-state index contributed by atoms with van der Waals surface area (Å²) < 4.78 is 21.4. The molecule has 2 saturated heterocycles. The molecule has 2 rings (SSSR count). The first kappa shape index (κ1) is 8.56. The molecule has 0 amide bonds.